The molecular weight excluding hydrogens is 382 g/mol. The van der Waals surface area contributed by atoms with Crippen LogP contribution in [0.15, 0.2) is 40.9 Å². The van der Waals surface area contributed by atoms with E-state index in [9.17, 15) is 18.4 Å². The molecule has 7 heteroatoms. The van der Waals surface area contributed by atoms with Crippen LogP contribution < -0.4 is 10.6 Å². The Morgan fingerprint density at radius 1 is 1.12 bits per heavy atom. The van der Waals surface area contributed by atoms with Gasteiger partial charge in [-0.25, -0.2) is 8.78 Å². The normalized spacial score (nSPS) is 10.3. The molecule has 0 atom stereocenters. The van der Waals surface area contributed by atoms with Crippen LogP contribution in [-0.4, -0.2) is 18.4 Å². The number of carbonyl (C=O) groups is 2. The van der Waals surface area contributed by atoms with Gasteiger partial charge in [0.1, 0.15) is 11.6 Å². The topological polar surface area (TPSA) is 58.2 Å². The predicted molar refractivity (Wildman–Crippen MR) is 90.8 cm³/mol. The Kier molecular flexibility index (Phi) is 6.03. The van der Waals surface area contributed by atoms with Crippen LogP contribution in [0.1, 0.15) is 22.3 Å². The van der Waals surface area contributed by atoms with Gasteiger partial charge in [0.05, 0.1) is 5.56 Å². The number of benzene rings is 2. The van der Waals surface area contributed by atoms with Gasteiger partial charge in [-0.15, -0.1) is 0 Å². The third kappa shape index (κ3) is 4.86. The number of hydrogen-bond acceptors (Lipinski definition) is 2. The van der Waals surface area contributed by atoms with Crippen LogP contribution in [0, 0.1) is 18.6 Å². The summed E-state index contributed by atoms with van der Waals surface area (Å²) in [5.41, 5.74) is 1.41. The molecule has 0 heterocycles. The third-order valence-corrected chi connectivity index (χ3v) is 4.12. The Balaban J connectivity index is 1.83. The Bertz CT molecular complexity index is 781. The Morgan fingerprint density at radius 3 is 2.54 bits per heavy atom. The number of carbonyl (C=O) groups excluding carboxylic acids is 2. The van der Waals surface area contributed by atoms with E-state index in [1.54, 1.807) is 12.1 Å². The largest absolute Gasteiger partial charge is 0.351 e. The molecule has 0 aliphatic carbocycles. The van der Waals surface area contributed by atoms with Gasteiger partial charge in [0, 0.05) is 29.2 Å². The molecule has 126 valence electrons. The first-order valence-corrected chi connectivity index (χ1v) is 7.95. The molecule has 0 radical (unpaired) electrons. The second-order valence-corrected chi connectivity index (χ2v) is 6.00. The Labute approximate surface area is 146 Å². The average molecular weight is 397 g/mol. The van der Waals surface area contributed by atoms with Crippen molar-refractivity contribution in [2.75, 3.05) is 11.9 Å². The molecule has 2 aromatic rings. The van der Waals surface area contributed by atoms with E-state index in [1.165, 1.54) is 0 Å². The number of aryl methyl sites for hydroxylation is 1. The molecule has 0 aromatic heterocycles. The molecule has 0 saturated carbocycles. The molecule has 0 aliphatic rings. The van der Waals surface area contributed by atoms with Crippen LogP contribution in [0.25, 0.3) is 0 Å². The van der Waals surface area contributed by atoms with Crippen LogP contribution in [0.5, 0.6) is 0 Å². The average Bonchev–Trinajstić information content (AvgIpc) is 2.50. The van der Waals surface area contributed by atoms with E-state index in [0.717, 1.165) is 22.2 Å². The zero-order valence-corrected chi connectivity index (χ0v) is 14.4. The number of amides is 2. The number of anilines is 1. The van der Waals surface area contributed by atoms with Gasteiger partial charge >= 0.3 is 0 Å². The zero-order chi connectivity index (χ0) is 17.7. The minimum absolute atomic E-state index is 0.0278. The molecule has 2 N–H and O–H groups in total. The van der Waals surface area contributed by atoms with Crippen molar-refractivity contribution in [3.8, 4) is 0 Å². The highest BCUT2D eigenvalue weighted by atomic mass is 79.9. The lowest BCUT2D eigenvalue weighted by molar-refractivity contribution is -0.116. The molecule has 0 saturated heterocycles. The van der Waals surface area contributed by atoms with Crippen molar-refractivity contribution >= 4 is 33.4 Å². The fourth-order valence-corrected chi connectivity index (χ4v) is 2.33. The van der Waals surface area contributed by atoms with Crippen LogP contribution in [0.2, 0.25) is 0 Å². The van der Waals surface area contributed by atoms with Gasteiger partial charge in [-0.2, -0.15) is 0 Å². The molecule has 2 aromatic carbocycles. The second kappa shape index (κ2) is 8.01. The quantitative estimate of drug-likeness (QED) is 0.807. The molecule has 24 heavy (non-hydrogen) atoms. The summed E-state index contributed by atoms with van der Waals surface area (Å²) in [5, 5.41) is 5.12. The fraction of sp³-hybridized carbons (Fsp3) is 0.176. The van der Waals surface area contributed by atoms with Crippen molar-refractivity contribution in [3.63, 3.8) is 0 Å². The zero-order valence-electron chi connectivity index (χ0n) is 12.8. The van der Waals surface area contributed by atoms with E-state index in [4.69, 9.17) is 0 Å². The minimum Gasteiger partial charge on any atom is -0.351 e. The van der Waals surface area contributed by atoms with E-state index in [-0.39, 0.29) is 24.4 Å². The molecule has 2 amide bonds. The summed E-state index contributed by atoms with van der Waals surface area (Å²) in [6.45, 7) is 1.97. The van der Waals surface area contributed by atoms with Crippen LogP contribution in [0.4, 0.5) is 14.5 Å². The van der Waals surface area contributed by atoms with Crippen LogP contribution >= 0.6 is 15.9 Å². The summed E-state index contributed by atoms with van der Waals surface area (Å²) in [4.78, 5) is 23.6. The van der Waals surface area contributed by atoms with Gasteiger partial charge < -0.3 is 10.6 Å². The lowest BCUT2D eigenvalue weighted by atomic mass is 10.2. The summed E-state index contributed by atoms with van der Waals surface area (Å²) < 4.78 is 27.1. The first-order chi connectivity index (χ1) is 11.4. The molecule has 0 fully saturated rings. The molecular formula is C17H15BrF2N2O2. The van der Waals surface area contributed by atoms with E-state index >= 15 is 0 Å². The lowest BCUT2D eigenvalue weighted by Gasteiger charge is -2.08. The van der Waals surface area contributed by atoms with E-state index in [1.807, 2.05) is 13.0 Å². The number of rotatable bonds is 5. The maximum atomic E-state index is 13.5. The van der Waals surface area contributed by atoms with E-state index in [0.29, 0.717) is 11.8 Å². The first kappa shape index (κ1) is 18.1. The summed E-state index contributed by atoms with van der Waals surface area (Å²) in [6.07, 6.45) is 0.0278. The van der Waals surface area contributed by atoms with Crippen LogP contribution in [-0.2, 0) is 4.79 Å². The minimum atomic E-state index is -0.943. The Morgan fingerprint density at radius 2 is 1.88 bits per heavy atom. The smallest absolute Gasteiger partial charge is 0.254 e. The van der Waals surface area contributed by atoms with Crippen molar-refractivity contribution in [3.05, 3.63) is 63.6 Å². The van der Waals surface area contributed by atoms with E-state index < -0.39 is 17.5 Å². The third-order valence-electron chi connectivity index (χ3n) is 3.27. The molecule has 0 aliphatic heterocycles. The van der Waals surface area contributed by atoms with E-state index in [2.05, 4.69) is 26.6 Å². The van der Waals surface area contributed by atoms with Gasteiger partial charge in [-0.05, 0) is 36.8 Å². The predicted octanol–water partition coefficient (Wildman–Crippen LogP) is 3.79. The highest BCUT2D eigenvalue weighted by molar-refractivity contribution is 9.10. The molecule has 0 bridgehead atoms. The molecule has 0 unspecified atom stereocenters. The number of halogens is 3. The standard InChI is InChI=1S/C17H15BrF2N2O2/c1-10-2-4-12(9-14(10)18)22-16(23)6-7-21-17(24)13-5-3-11(19)8-15(13)20/h2-5,8-9H,6-7H2,1H3,(H,21,24)(H,22,23). The SMILES string of the molecule is Cc1ccc(NC(=O)CCNC(=O)c2ccc(F)cc2F)cc1Br. The molecule has 2 rings (SSSR count). The van der Waals surface area contributed by atoms with Crippen molar-refractivity contribution in [1.29, 1.82) is 0 Å². The second-order valence-electron chi connectivity index (χ2n) is 5.14. The van der Waals surface area contributed by atoms with Crippen molar-refractivity contribution in [2.45, 2.75) is 13.3 Å². The van der Waals surface area contributed by atoms with Crippen molar-refractivity contribution < 1.29 is 18.4 Å². The molecule has 0 spiro atoms. The monoisotopic (exact) mass is 396 g/mol. The highest BCUT2D eigenvalue weighted by Gasteiger charge is 2.12. The summed E-state index contributed by atoms with van der Waals surface area (Å²) >= 11 is 3.37. The maximum Gasteiger partial charge on any atom is 0.254 e. The lowest BCUT2D eigenvalue weighted by Crippen LogP contribution is -2.28. The van der Waals surface area contributed by atoms with Gasteiger partial charge in [0.25, 0.3) is 5.91 Å². The van der Waals surface area contributed by atoms with Crippen LogP contribution in [0.3, 0.4) is 0 Å². The Hall–Kier alpha value is -2.28. The van der Waals surface area contributed by atoms with Crippen molar-refractivity contribution in [2.24, 2.45) is 0 Å². The van der Waals surface area contributed by atoms with Gasteiger partial charge in [-0.1, -0.05) is 22.0 Å². The van der Waals surface area contributed by atoms with Gasteiger partial charge in [0.15, 0.2) is 0 Å². The highest BCUT2D eigenvalue weighted by Crippen LogP contribution is 2.20. The van der Waals surface area contributed by atoms with Crippen molar-refractivity contribution in [1.82, 2.24) is 5.32 Å². The summed E-state index contributed by atoms with van der Waals surface area (Å²) in [5.74, 6) is -2.68. The number of nitrogens with one attached hydrogen (secondary N) is 2. The first-order valence-electron chi connectivity index (χ1n) is 7.16. The van der Waals surface area contributed by atoms with Gasteiger partial charge in [0.2, 0.25) is 5.91 Å². The maximum absolute atomic E-state index is 13.5. The summed E-state index contributed by atoms with van der Waals surface area (Å²) in [7, 11) is 0. The van der Waals surface area contributed by atoms with Gasteiger partial charge in [-0.3, -0.25) is 9.59 Å². The summed E-state index contributed by atoms with van der Waals surface area (Å²) in [6, 6.07) is 8.10. The number of hydrogen-bond donors (Lipinski definition) is 2. The molecule has 4 nitrogen and oxygen atoms in total. The fourth-order valence-electron chi connectivity index (χ4n) is 1.95.